The Hall–Kier alpha value is -0.160. The highest BCUT2D eigenvalue weighted by molar-refractivity contribution is 4.72. The van der Waals surface area contributed by atoms with Gasteiger partial charge in [-0.2, -0.15) is 5.48 Å². The van der Waals surface area contributed by atoms with Crippen molar-refractivity contribution in [3.05, 3.63) is 0 Å². The van der Waals surface area contributed by atoms with E-state index in [2.05, 4.69) is 17.3 Å². The van der Waals surface area contributed by atoms with E-state index in [-0.39, 0.29) is 6.10 Å². The number of morpholine rings is 1. The van der Waals surface area contributed by atoms with Crippen LogP contribution in [-0.4, -0.2) is 49.9 Å². The van der Waals surface area contributed by atoms with Crippen molar-refractivity contribution in [1.29, 1.82) is 0 Å². The standard InChI is InChI=1S/C12H24N2O2/c1-2-14-7-8-15-12(10-14)9-13-16-11-5-3-4-6-11/h11-13H,2-10H2,1H3. The summed E-state index contributed by atoms with van der Waals surface area (Å²) in [6.45, 7) is 7.07. The van der Waals surface area contributed by atoms with E-state index in [1.807, 2.05) is 0 Å². The van der Waals surface area contributed by atoms with Crippen molar-refractivity contribution in [2.45, 2.75) is 44.8 Å². The van der Waals surface area contributed by atoms with Crippen molar-refractivity contribution < 1.29 is 9.57 Å². The van der Waals surface area contributed by atoms with Crippen molar-refractivity contribution >= 4 is 0 Å². The molecule has 0 amide bonds. The lowest BCUT2D eigenvalue weighted by Gasteiger charge is -2.32. The molecule has 0 spiro atoms. The van der Waals surface area contributed by atoms with Crippen LogP contribution in [-0.2, 0) is 9.57 Å². The van der Waals surface area contributed by atoms with Gasteiger partial charge in [0, 0.05) is 19.6 Å². The van der Waals surface area contributed by atoms with Crippen molar-refractivity contribution in [2.24, 2.45) is 0 Å². The Morgan fingerprint density at radius 2 is 2.19 bits per heavy atom. The molecule has 1 saturated heterocycles. The molecule has 1 unspecified atom stereocenters. The van der Waals surface area contributed by atoms with Crippen LogP contribution in [0.25, 0.3) is 0 Å². The zero-order valence-corrected chi connectivity index (χ0v) is 10.3. The molecule has 1 aliphatic heterocycles. The Morgan fingerprint density at radius 3 is 2.94 bits per heavy atom. The van der Waals surface area contributed by atoms with Gasteiger partial charge in [0.15, 0.2) is 0 Å². The second-order valence-corrected chi connectivity index (χ2v) is 4.76. The molecule has 16 heavy (non-hydrogen) atoms. The third-order valence-electron chi connectivity index (χ3n) is 3.53. The first-order chi connectivity index (χ1) is 7.88. The zero-order valence-electron chi connectivity index (χ0n) is 10.3. The van der Waals surface area contributed by atoms with Gasteiger partial charge in [0.2, 0.25) is 0 Å². The van der Waals surface area contributed by atoms with Crippen LogP contribution in [0.5, 0.6) is 0 Å². The third-order valence-corrected chi connectivity index (χ3v) is 3.53. The Morgan fingerprint density at radius 1 is 1.38 bits per heavy atom. The molecule has 4 heteroatoms. The van der Waals surface area contributed by atoms with E-state index in [4.69, 9.17) is 9.57 Å². The van der Waals surface area contributed by atoms with Crippen molar-refractivity contribution in [1.82, 2.24) is 10.4 Å². The molecule has 94 valence electrons. The number of ether oxygens (including phenoxy) is 1. The number of hydroxylamine groups is 1. The fourth-order valence-corrected chi connectivity index (χ4v) is 2.46. The minimum atomic E-state index is 0.287. The average Bonchev–Trinajstić information content (AvgIpc) is 2.82. The normalized spacial score (nSPS) is 28.7. The summed E-state index contributed by atoms with van der Waals surface area (Å²) in [5, 5.41) is 0. The molecule has 0 aromatic carbocycles. The number of likely N-dealkylation sites (N-methyl/N-ethyl adjacent to an activating group) is 1. The van der Waals surface area contributed by atoms with Crippen LogP contribution in [0.2, 0.25) is 0 Å². The highest BCUT2D eigenvalue weighted by atomic mass is 16.7. The average molecular weight is 228 g/mol. The van der Waals surface area contributed by atoms with Crippen LogP contribution in [0.3, 0.4) is 0 Å². The van der Waals surface area contributed by atoms with Gasteiger partial charge in [-0.3, -0.25) is 9.74 Å². The first-order valence-electron chi connectivity index (χ1n) is 6.61. The number of hydrogen-bond acceptors (Lipinski definition) is 4. The molecule has 0 radical (unpaired) electrons. The minimum absolute atomic E-state index is 0.287. The molecule has 1 heterocycles. The van der Waals surface area contributed by atoms with Crippen LogP contribution in [0.4, 0.5) is 0 Å². The summed E-state index contributed by atoms with van der Waals surface area (Å²) in [6.07, 6.45) is 5.77. The zero-order chi connectivity index (χ0) is 11.2. The molecule has 0 aromatic heterocycles. The largest absolute Gasteiger partial charge is 0.374 e. The van der Waals surface area contributed by atoms with Crippen molar-refractivity contribution in [3.8, 4) is 0 Å². The molecular formula is C12H24N2O2. The Bertz CT molecular complexity index is 195. The maximum atomic E-state index is 5.69. The summed E-state index contributed by atoms with van der Waals surface area (Å²) in [7, 11) is 0. The highest BCUT2D eigenvalue weighted by Gasteiger charge is 2.20. The van der Waals surface area contributed by atoms with Gasteiger partial charge in [-0.15, -0.1) is 0 Å². The van der Waals surface area contributed by atoms with Crippen LogP contribution < -0.4 is 5.48 Å². The number of hydrogen-bond donors (Lipinski definition) is 1. The molecule has 2 rings (SSSR count). The van der Waals surface area contributed by atoms with Gasteiger partial charge in [0.1, 0.15) is 0 Å². The van der Waals surface area contributed by atoms with Gasteiger partial charge in [-0.05, 0) is 19.4 Å². The monoisotopic (exact) mass is 228 g/mol. The minimum Gasteiger partial charge on any atom is -0.374 e. The van der Waals surface area contributed by atoms with E-state index in [0.717, 1.165) is 32.8 Å². The second kappa shape index (κ2) is 6.55. The smallest absolute Gasteiger partial charge is 0.0849 e. The van der Waals surface area contributed by atoms with Gasteiger partial charge in [-0.1, -0.05) is 19.8 Å². The maximum absolute atomic E-state index is 5.69. The lowest BCUT2D eigenvalue weighted by Crippen LogP contribution is -2.46. The van der Waals surface area contributed by atoms with E-state index in [0.29, 0.717) is 6.10 Å². The van der Waals surface area contributed by atoms with E-state index in [9.17, 15) is 0 Å². The van der Waals surface area contributed by atoms with Crippen molar-refractivity contribution in [2.75, 3.05) is 32.8 Å². The summed E-state index contributed by atoms with van der Waals surface area (Å²) in [5.74, 6) is 0. The summed E-state index contributed by atoms with van der Waals surface area (Å²) >= 11 is 0. The van der Waals surface area contributed by atoms with Crippen LogP contribution in [0, 0.1) is 0 Å². The molecular weight excluding hydrogens is 204 g/mol. The molecule has 4 nitrogen and oxygen atoms in total. The van der Waals surface area contributed by atoms with Crippen LogP contribution in [0.1, 0.15) is 32.6 Å². The lowest BCUT2D eigenvalue weighted by atomic mass is 10.3. The molecule has 0 bridgehead atoms. The summed E-state index contributed by atoms with van der Waals surface area (Å²) in [4.78, 5) is 8.05. The fraction of sp³-hybridized carbons (Fsp3) is 1.00. The fourth-order valence-electron chi connectivity index (χ4n) is 2.46. The Balaban J connectivity index is 1.58. The van der Waals surface area contributed by atoms with Gasteiger partial charge >= 0.3 is 0 Å². The molecule has 1 N–H and O–H groups in total. The molecule has 1 atom stereocenters. The van der Waals surface area contributed by atoms with Crippen LogP contribution in [0.15, 0.2) is 0 Å². The lowest BCUT2D eigenvalue weighted by molar-refractivity contribution is -0.0740. The SMILES string of the molecule is CCN1CCOC(CNOC2CCCC2)C1. The quantitative estimate of drug-likeness (QED) is 0.716. The van der Waals surface area contributed by atoms with Gasteiger partial charge in [0.25, 0.3) is 0 Å². The van der Waals surface area contributed by atoms with E-state index in [1.165, 1.54) is 25.7 Å². The summed E-state index contributed by atoms with van der Waals surface area (Å²) in [5.41, 5.74) is 3.09. The first kappa shape index (κ1) is 12.3. The molecule has 1 aliphatic carbocycles. The van der Waals surface area contributed by atoms with Gasteiger partial charge < -0.3 is 4.74 Å². The number of rotatable bonds is 5. The van der Waals surface area contributed by atoms with Crippen molar-refractivity contribution in [3.63, 3.8) is 0 Å². The topological polar surface area (TPSA) is 33.7 Å². The maximum Gasteiger partial charge on any atom is 0.0849 e. The molecule has 0 aromatic rings. The summed E-state index contributed by atoms with van der Waals surface area (Å²) < 4.78 is 5.69. The Labute approximate surface area is 98.2 Å². The molecule has 1 saturated carbocycles. The number of nitrogens with zero attached hydrogens (tertiary/aromatic N) is 1. The number of nitrogens with one attached hydrogen (secondary N) is 1. The van der Waals surface area contributed by atoms with Crippen LogP contribution >= 0.6 is 0 Å². The summed E-state index contributed by atoms with van der Waals surface area (Å²) in [6, 6.07) is 0. The molecule has 2 fully saturated rings. The third kappa shape index (κ3) is 3.70. The highest BCUT2D eigenvalue weighted by Crippen LogP contribution is 2.19. The van der Waals surface area contributed by atoms with Gasteiger partial charge in [-0.25, -0.2) is 0 Å². The predicted octanol–water partition coefficient (Wildman–Crippen LogP) is 1.17. The second-order valence-electron chi connectivity index (χ2n) is 4.76. The van der Waals surface area contributed by atoms with E-state index >= 15 is 0 Å². The molecule has 2 aliphatic rings. The van der Waals surface area contributed by atoms with Gasteiger partial charge in [0.05, 0.1) is 18.8 Å². The Kier molecular flexibility index (Phi) is 5.03. The van der Waals surface area contributed by atoms with E-state index in [1.54, 1.807) is 0 Å². The van der Waals surface area contributed by atoms with E-state index < -0.39 is 0 Å². The predicted molar refractivity (Wildman–Crippen MR) is 63.2 cm³/mol. The first-order valence-corrected chi connectivity index (χ1v) is 6.61.